The van der Waals surface area contributed by atoms with E-state index in [1.54, 1.807) is 25.1 Å². The van der Waals surface area contributed by atoms with Gasteiger partial charge in [-0.25, -0.2) is 12.8 Å². The SMILES string of the molecule is CCOC(=O)Cn1ncc2c1CCC[C@H]2N(C)CS(=O)(=O)c1cc(Oc2ccc(F)cc2)cc(C(F)(F)F)c1. The molecule has 0 spiro atoms. The molecule has 0 amide bonds. The molecule has 0 aliphatic heterocycles. The van der Waals surface area contributed by atoms with Crippen molar-refractivity contribution in [1.29, 1.82) is 0 Å². The van der Waals surface area contributed by atoms with Crippen LogP contribution in [-0.2, 0) is 38.5 Å². The van der Waals surface area contributed by atoms with Gasteiger partial charge in [-0.3, -0.25) is 14.4 Å². The Balaban J connectivity index is 1.59. The molecule has 0 radical (unpaired) electrons. The zero-order valence-corrected chi connectivity index (χ0v) is 22.1. The van der Waals surface area contributed by atoms with Gasteiger partial charge in [0.05, 0.1) is 23.3 Å². The summed E-state index contributed by atoms with van der Waals surface area (Å²) in [4.78, 5) is 12.9. The molecule has 0 saturated heterocycles. The number of hydrogen-bond acceptors (Lipinski definition) is 7. The van der Waals surface area contributed by atoms with Crippen LogP contribution in [-0.4, -0.2) is 48.6 Å². The molecule has 3 aromatic rings. The second kappa shape index (κ2) is 11.3. The fourth-order valence-corrected chi connectivity index (χ4v) is 6.03. The van der Waals surface area contributed by atoms with Crippen LogP contribution in [0.15, 0.2) is 53.6 Å². The van der Waals surface area contributed by atoms with Gasteiger partial charge in [-0.15, -0.1) is 0 Å². The zero-order valence-electron chi connectivity index (χ0n) is 21.2. The summed E-state index contributed by atoms with van der Waals surface area (Å²) >= 11 is 0. The van der Waals surface area contributed by atoms with Crippen molar-refractivity contribution in [3.8, 4) is 11.5 Å². The van der Waals surface area contributed by atoms with Crippen molar-refractivity contribution in [2.75, 3.05) is 19.5 Å². The third-order valence-electron chi connectivity index (χ3n) is 6.34. The molecule has 0 unspecified atom stereocenters. The molecule has 0 bridgehead atoms. The van der Waals surface area contributed by atoms with Crippen LogP contribution < -0.4 is 4.74 Å². The van der Waals surface area contributed by atoms with E-state index in [4.69, 9.17) is 9.47 Å². The van der Waals surface area contributed by atoms with Crippen LogP contribution in [0.4, 0.5) is 17.6 Å². The van der Waals surface area contributed by atoms with Crippen LogP contribution in [0.1, 0.15) is 42.6 Å². The Morgan fingerprint density at radius 3 is 2.54 bits per heavy atom. The number of benzene rings is 2. The molecule has 13 heteroatoms. The standard InChI is InChI=1S/C26H27F4N3O5S/c1-3-37-25(34)15-33-24-6-4-5-23(22(24)14-31-33)32(2)16-39(35,36)21-12-17(26(28,29)30)11-20(13-21)38-19-9-7-18(27)8-10-19/h7-14,23H,3-6,15-16H2,1-2H3/t23-/m1/s1. The van der Waals surface area contributed by atoms with Crippen molar-refractivity contribution in [2.45, 2.75) is 49.8 Å². The molecule has 39 heavy (non-hydrogen) atoms. The number of alkyl halides is 3. The maximum atomic E-state index is 13.6. The minimum absolute atomic E-state index is 0.0470. The molecule has 1 heterocycles. The first kappa shape index (κ1) is 28.6. The predicted octanol–water partition coefficient (Wildman–Crippen LogP) is 5.14. The molecular formula is C26H27F4N3O5S. The highest BCUT2D eigenvalue weighted by Gasteiger charge is 2.35. The molecule has 8 nitrogen and oxygen atoms in total. The van der Waals surface area contributed by atoms with Crippen LogP contribution in [0.25, 0.3) is 0 Å². The van der Waals surface area contributed by atoms with Crippen LogP contribution in [0, 0.1) is 5.82 Å². The fraction of sp³-hybridized carbons (Fsp3) is 0.385. The van der Waals surface area contributed by atoms with Crippen LogP contribution in [0.5, 0.6) is 11.5 Å². The van der Waals surface area contributed by atoms with E-state index in [9.17, 15) is 30.8 Å². The third kappa shape index (κ3) is 6.77. The van der Waals surface area contributed by atoms with E-state index in [2.05, 4.69) is 5.10 Å². The van der Waals surface area contributed by atoms with Gasteiger partial charge in [-0.2, -0.15) is 18.3 Å². The number of hydrogen-bond donors (Lipinski definition) is 0. The second-order valence-corrected chi connectivity index (χ2v) is 11.1. The molecule has 1 aromatic heterocycles. The summed E-state index contributed by atoms with van der Waals surface area (Å²) < 4.78 is 92.8. The Labute approximate surface area is 223 Å². The first-order valence-corrected chi connectivity index (χ1v) is 13.8. The van der Waals surface area contributed by atoms with Crippen molar-refractivity contribution in [3.05, 3.63) is 71.3 Å². The lowest BCUT2D eigenvalue weighted by molar-refractivity contribution is -0.144. The number of rotatable bonds is 9. The first-order chi connectivity index (χ1) is 18.4. The summed E-state index contributed by atoms with van der Waals surface area (Å²) in [6.45, 7) is 1.86. The van der Waals surface area contributed by atoms with E-state index in [1.165, 1.54) is 16.8 Å². The number of ether oxygens (including phenoxy) is 2. The van der Waals surface area contributed by atoms with Gasteiger partial charge in [-0.1, -0.05) is 0 Å². The Kier molecular flexibility index (Phi) is 8.31. The molecule has 1 aliphatic carbocycles. The highest BCUT2D eigenvalue weighted by Crippen LogP contribution is 2.37. The van der Waals surface area contributed by atoms with E-state index in [0.29, 0.717) is 31.4 Å². The molecule has 1 aliphatic rings. The summed E-state index contributed by atoms with van der Waals surface area (Å²) in [6.07, 6.45) is -1.30. The fourth-order valence-electron chi connectivity index (χ4n) is 4.56. The average Bonchev–Trinajstić information content (AvgIpc) is 3.27. The predicted molar refractivity (Wildman–Crippen MR) is 132 cm³/mol. The second-order valence-electron chi connectivity index (χ2n) is 9.16. The molecular weight excluding hydrogens is 542 g/mol. The van der Waals surface area contributed by atoms with E-state index >= 15 is 0 Å². The highest BCUT2D eigenvalue weighted by molar-refractivity contribution is 7.91. The maximum Gasteiger partial charge on any atom is 0.416 e. The molecule has 0 saturated carbocycles. The number of carbonyl (C=O) groups excluding carboxylic acids is 1. The summed E-state index contributed by atoms with van der Waals surface area (Å²) in [6, 6.07) is 6.50. The van der Waals surface area contributed by atoms with Crippen LogP contribution >= 0.6 is 0 Å². The number of carbonyl (C=O) groups is 1. The van der Waals surface area contributed by atoms with E-state index in [0.717, 1.165) is 29.5 Å². The summed E-state index contributed by atoms with van der Waals surface area (Å²) in [5, 5.41) is 4.28. The number of nitrogens with zero attached hydrogens (tertiary/aromatic N) is 3. The summed E-state index contributed by atoms with van der Waals surface area (Å²) in [5.74, 6) is -1.87. The van der Waals surface area contributed by atoms with Crippen LogP contribution in [0.3, 0.4) is 0 Å². The monoisotopic (exact) mass is 569 g/mol. The minimum atomic E-state index is -4.83. The third-order valence-corrected chi connectivity index (χ3v) is 8.04. The van der Waals surface area contributed by atoms with E-state index < -0.39 is 44.1 Å². The van der Waals surface area contributed by atoms with Crippen LogP contribution in [0.2, 0.25) is 0 Å². The number of halogens is 4. The van der Waals surface area contributed by atoms with Crippen molar-refractivity contribution >= 4 is 15.8 Å². The van der Waals surface area contributed by atoms with Crippen molar-refractivity contribution < 1.29 is 40.2 Å². The molecule has 0 N–H and O–H groups in total. The quantitative estimate of drug-likeness (QED) is 0.261. The smallest absolute Gasteiger partial charge is 0.416 e. The van der Waals surface area contributed by atoms with Gasteiger partial charge in [0.25, 0.3) is 0 Å². The Bertz CT molecular complexity index is 1440. The maximum absolute atomic E-state index is 13.6. The molecule has 4 rings (SSSR count). The summed E-state index contributed by atoms with van der Waals surface area (Å²) in [5.41, 5.74) is 0.355. The van der Waals surface area contributed by atoms with E-state index in [1.807, 2.05) is 0 Å². The van der Waals surface area contributed by atoms with Gasteiger partial charge in [-0.05, 0) is 75.7 Å². The number of sulfone groups is 1. The van der Waals surface area contributed by atoms with Crippen molar-refractivity contribution in [1.82, 2.24) is 14.7 Å². The number of fused-ring (bicyclic) bond motifs is 1. The van der Waals surface area contributed by atoms with Gasteiger partial charge in [0, 0.05) is 17.3 Å². The Morgan fingerprint density at radius 1 is 1.15 bits per heavy atom. The summed E-state index contributed by atoms with van der Waals surface area (Å²) in [7, 11) is -2.68. The average molecular weight is 570 g/mol. The number of esters is 1. The highest BCUT2D eigenvalue weighted by atomic mass is 32.2. The lowest BCUT2D eigenvalue weighted by Crippen LogP contribution is -2.32. The van der Waals surface area contributed by atoms with Crippen molar-refractivity contribution in [3.63, 3.8) is 0 Å². The molecule has 1 atom stereocenters. The first-order valence-electron chi connectivity index (χ1n) is 12.2. The van der Waals surface area contributed by atoms with Gasteiger partial charge in [0.15, 0.2) is 9.84 Å². The van der Waals surface area contributed by atoms with Gasteiger partial charge < -0.3 is 9.47 Å². The number of aromatic nitrogens is 2. The molecule has 0 fully saturated rings. The minimum Gasteiger partial charge on any atom is -0.465 e. The Hall–Kier alpha value is -3.45. The van der Waals surface area contributed by atoms with Gasteiger partial charge in [0.2, 0.25) is 0 Å². The Morgan fingerprint density at radius 2 is 1.87 bits per heavy atom. The lowest BCUT2D eigenvalue weighted by atomic mass is 9.92. The zero-order chi connectivity index (χ0) is 28.4. The van der Waals surface area contributed by atoms with Gasteiger partial charge >= 0.3 is 12.1 Å². The van der Waals surface area contributed by atoms with E-state index in [-0.39, 0.29) is 30.7 Å². The normalized spacial score (nSPS) is 15.7. The largest absolute Gasteiger partial charge is 0.465 e. The van der Waals surface area contributed by atoms with Crippen molar-refractivity contribution in [2.24, 2.45) is 0 Å². The lowest BCUT2D eigenvalue weighted by Gasteiger charge is -2.31. The topological polar surface area (TPSA) is 90.7 Å². The molecule has 210 valence electrons. The van der Waals surface area contributed by atoms with Gasteiger partial charge in [0.1, 0.15) is 29.7 Å². The molecule has 2 aromatic carbocycles.